The number of nitrogens with one attached hydrogen (secondary N) is 2. The first kappa shape index (κ1) is 24.5. The SMILES string of the molecule is CCN(CC)S(=O)(=O)c1ccc(C(=O)NCC(=O)OCC(=O)NCCOC)cc1. The Hall–Kier alpha value is -2.50. The summed E-state index contributed by atoms with van der Waals surface area (Å²) in [7, 11) is -2.12. The summed E-state index contributed by atoms with van der Waals surface area (Å²) in [6.45, 7) is 3.91. The van der Waals surface area contributed by atoms with Crippen molar-refractivity contribution in [2.45, 2.75) is 18.7 Å². The van der Waals surface area contributed by atoms with Crippen LogP contribution >= 0.6 is 0 Å². The number of carbonyl (C=O) groups excluding carboxylic acids is 3. The van der Waals surface area contributed by atoms with Crippen molar-refractivity contribution in [2.24, 2.45) is 0 Å². The van der Waals surface area contributed by atoms with Crippen molar-refractivity contribution < 1.29 is 32.3 Å². The third-order valence-corrected chi connectivity index (χ3v) is 5.91. The van der Waals surface area contributed by atoms with E-state index < -0.39 is 41.0 Å². The molecule has 2 amide bonds. The molecule has 0 bridgehead atoms. The van der Waals surface area contributed by atoms with Gasteiger partial charge in [-0.15, -0.1) is 0 Å². The highest BCUT2D eigenvalue weighted by atomic mass is 32.2. The highest BCUT2D eigenvalue weighted by Gasteiger charge is 2.21. The zero-order chi connectivity index (χ0) is 21.9. The molecule has 0 atom stereocenters. The number of carbonyl (C=O) groups is 3. The summed E-state index contributed by atoms with van der Waals surface area (Å²) in [4.78, 5) is 35.2. The minimum absolute atomic E-state index is 0.0802. The van der Waals surface area contributed by atoms with Gasteiger partial charge in [0.15, 0.2) is 6.61 Å². The van der Waals surface area contributed by atoms with E-state index in [9.17, 15) is 22.8 Å². The summed E-state index contributed by atoms with van der Waals surface area (Å²) >= 11 is 0. The fourth-order valence-electron chi connectivity index (χ4n) is 2.29. The predicted octanol–water partition coefficient (Wildman–Crippen LogP) is -0.247. The van der Waals surface area contributed by atoms with Gasteiger partial charge in [-0.2, -0.15) is 4.31 Å². The number of hydrogen-bond acceptors (Lipinski definition) is 7. The molecule has 0 aliphatic rings. The second-order valence-corrected chi connectivity index (χ2v) is 7.74. The molecule has 0 heterocycles. The molecule has 0 aliphatic heterocycles. The molecule has 0 spiro atoms. The van der Waals surface area contributed by atoms with Crippen LogP contribution in [0.4, 0.5) is 0 Å². The molecule has 0 radical (unpaired) electrons. The smallest absolute Gasteiger partial charge is 0.325 e. The van der Waals surface area contributed by atoms with Gasteiger partial charge < -0.3 is 20.1 Å². The van der Waals surface area contributed by atoms with Crippen LogP contribution in [0.15, 0.2) is 29.2 Å². The Kier molecular flexibility index (Phi) is 10.3. The number of methoxy groups -OCH3 is 1. The molecule has 0 unspecified atom stereocenters. The molecule has 1 aromatic rings. The molecule has 0 saturated heterocycles. The van der Waals surface area contributed by atoms with Crippen LogP contribution in [0.3, 0.4) is 0 Å². The van der Waals surface area contributed by atoms with Crippen molar-refractivity contribution in [1.29, 1.82) is 0 Å². The monoisotopic (exact) mass is 429 g/mol. The molecule has 0 aromatic heterocycles. The maximum absolute atomic E-state index is 12.4. The Morgan fingerprint density at radius 3 is 2.21 bits per heavy atom. The third-order valence-electron chi connectivity index (χ3n) is 3.85. The summed E-state index contributed by atoms with van der Waals surface area (Å²) in [6, 6.07) is 5.40. The second-order valence-electron chi connectivity index (χ2n) is 5.80. The van der Waals surface area contributed by atoms with E-state index in [0.29, 0.717) is 26.2 Å². The van der Waals surface area contributed by atoms with E-state index in [0.717, 1.165) is 0 Å². The van der Waals surface area contributed by atoms with Crippen LogP contribution in [0.2, 0.25) is 0 Å². The Morgan fingerprint density at radius 2 is 1.66 bits per heavy atom. The van der Waals surface area contributed by atoms with Crippen LogP contribution in [0, 0.1) is 0 Å². The van der Waals surface area contributed by atoms with Gasteiger partial charge in [0.05, 0.1) is 11.5 Å². The summed E-state index contributed by atoms with van der Waals surface area (Å²) < 4.78 is 35.7. The van der Waals surface area contributed by atoms with E-state index in [2.05, 4.69) is 10.6 Å². The van der Waals surface area contributed by atoms with Crippen molar-refractivity contribution in [3.05, 3.63) is 29.8 Å². The van der Waals surface area contributed by atoms with Gasteiger partial charge in [-0.05, 0) is 24.3 Å². The number of esters is 1. The van der Waals surface area contributed by atoms with Crippen LogP contribution in [0.5, 0.6) is 0 Å². The molecule has 11 heteroatoms. The Labute approximate surface area is 170 Å². The van der Waals surface area contributed by atoms with E-state index >= 15 is 0 Å². The Bertz CT molecular complexity index is 790. The van der Waals surface area contributed by atoms with Crippen LogP contribution in [-0.4, -0.2) is 77.0 Å². The number of amides is 2. The number of ether oxygens (including phenoxy) is 2. The molecular formula is C18H27N3O7S. The van der Waals surface area contributed by atoms with Crippen molar-refractivity contribution >= 4 is 27.8 Å². The first-order valence-electron chi connectivity index (χ1n) is 9.05. The standard InChI is InChI=1S/C18H27N3O7S/c1-4-21(5-2)29(25,26)15-8-6-14(7-9-15)18(24)20-12-17(23)28-13-16(22)19-10-11-27-3/h6-9H,4-5,10-13H2,1-3H3,(H,19,22)(H,20,24). The zero-order valence-electron chi connectivity index (χ0n) is 16.8. The maximum atomic E-state index is 12.4. The fraction of sp³-hybridized carbons (Fsp3) is 0.500. The second kappa shape index (κ2) is 12.1. The van der Waals surface area contributed by atoms with Crippen LogP contribution in [-0.2, 0) is 29.1 Å². The van der Waals surface area contributed by atoms with Crippen LogP contribution < -0.4 is 10.6 Å². The minimum atomic E-state index is -3.61. The van der Waals surface area contributed by atoms with Crippen LogP contribution in [0.25, 0.3) is 0 Å². The number of benzene rings is 1. The van der Waals surface area contributed by atoms with Gasteiger partial charge >= 0.3 is 5.97 Å². The normalized spacial score (nSPS) is 11.2. The van der Waals surface area contributed by atoms with Gasteiger partial charge in [-0.1, -0.05) is 13.8 Å². The summed E-state index contributed by atoms with van der Waals surface area (Å²) in [5.41, 5.74) is 0.189. The topological polar surface area (TPSA) is 131 Å². The lowest BCUT2D eigenvalue weighted by Gasteiger charge is -2.18. The molecule has 2 N–H and O–H groups in total. The quantitative estimate of drug-likeness (QED) is 0.346. The van der Waals surface area contributed by atoms with E-state index in [1.807, 2.05) is 0 Å². The van der Waals surface area contributed by atoms with Crippen molar-refractivity contribution in [2.75, 3.05) is 46.5 Å². The zero-order valence-corrected chi connectivity index (χ0v) is 17.6. The molecule has 0 aliphatic carbocycles. The van der Waals surface area contributed by atoms with Crippen molar-refractivity contribution in [3.63, 3.8) is 0 Å². The Balaban J connectivity index is 2.53. The lowest BCUT2D eigenvalue weighted by Crippen LogP contribution is -2.35. The highest BCUT2D eigenvalue weighted by molar-refractivity contribution is 7.89. The Morgan fingerprint density at radius 1 is 1.03 bits per heavy atom. The fourth-order valence-corrected chi connectivity index (χ4v) is 3.74. The first-order chi connectivity index (χ1) is 13.8. The van der Waals surface area contributed by atoms with Crippen molar-refractivity contribution in [3.8, 4) is 0 Å². The van der Waals surface area contributed by atoms with Gasteiger partial charge in [0.1, 0.15) is 6.54 Å². The molecule has 29 heavy (non-hydrogen) atoms. The predicted molar refractivity (Wildman–Crippen MR) is 105 cm³/mol. The van der Waals surface area contributed by atoms with Gasteiger partial charge in [0, 0.05) is 32.3 Å². The number of hydrogen-bond donors (Lipinski definition) is 2. The van der Waals surface area contributed by atoms with Gasteiger partial charge in [0.2, 0.25) is 10.0 Å². The van der Waals surface area contributed by atoms with E-state index in [1.54, 1.807) is 13.8 Å². The maximum Gasteiger partial charge on any atom is 0.325 e. The summed E-state index contributed by atoms with van der Waals surface area (Å²) in [5.74, 6) is -1.83. The minimum Gasteiger partial charge on any atom is -0.454 e. The lowest BCUT2D eigenvalue weighted by atomic mass is 10.2. The molecule has 1 aromatic carbocycles. The van der Waals surface area contributed by atoms with Crippen LogP contribution in [0.1, 0.15) is 24.2 Å². The van der Waals surface area contributed by atoms with Crippen molar-refractivity contribution in [1.82, 2.24) is 14.9 Å². The average Bonchev–Trinajstić information content (AvgIpc) is 2.71. The first-order valence-corrected chi connectivity index (χ1v) is 10.5. The molecule has 162 valence electrons. The number of rotatable bonds is 12. The third kappa shape index (κ3) is 7.80. The molecule has 10 nitrogen and oxygen atoms in total. The summed E-state index contributed by atoms with van der Waals surface area (Å²) in [5, 5.41) is 4.84. The summed E-state index contributed by atoms with van der Waals surface area (Å²) in [6.07, 6.45) is 0. The molecule has 1 rings (SSSR count). The van der Waals surface area contributed by atoms with Gasteiger partial charge in [-0.3, -0.25) is 14.4 Å². The van der Waals surface area contributed by atoms with E-state index in [4.69, 9.17) is 9.47 Å². The number of sulfonamides is 1. The molecular weight excluding hydrogens is 402 g/mol. The molecule has 0 fully saturated rings. The van der Waals surface area contributed by atoms with Gasteiger partial charge in [-0.25, -0.2) is 8.42 Å². The average molecular weight is 429 g/mol. The largest absolute Gasteiger partial charge is 0.454 e. The van der Waals surface area contributed by atoms with Gasteiger partial charge in [0.25, 0.3) is 11.8 Å². The van der Waals surface area contributed by atoms with E-state index in [-0.39, 0.29) is 10.5 Å². The lowest BCUT2D eigenvalue weighted by molar-refractivity contribution is -0.147. The number of nitrogens with zero attached hydrogens (tertiary/aromatic N) is 1. The highest BCUT2D eigenvalue weighted by Crippen LogP contribution is 2.16. The molecule has 0 saturated carbocycles. The van der Waals surface area contributed by atoms with E-state index in [1.165, 1.54) is 35.7 Å².